The van der Waals surface area contributed by atoms with Gasteiger partial charge in [-0.15, -0.1) is 0 Å². The summed E-state index contributed by atoms with van der Waals surface area (Å²) >= 11 is 3.35. The highest BCUT2D eigenvalue weighted by molar-refractivity contribution is 9.10. The van der Waals surface area contributed by atoms with Crippen molar-refractivity contribution in [1.29, 1.82) is 0 Å². The number of carbonyl (C=O) groups excluding carboxylic acids is 1. The van der Waals surface area contributed by atoms with Crippen LogP contribution in [0.5, 0.6) is 17.2 Å². The number of phenols is 1. The number of rotatable bonds is 9. The van der Waals surface area contributed by atoms with E-state index in [0.29, 0.717) is 41.3 Å². The highest BCUT2D eigenvalue weighted by Gasteiger charge is 2.16. The molecule has 0 saturated heterocycles. The molecule has 0 bridgehead atoms. The lowest BCUT2D eigenvalue weighted by molar-refractivity contribution is 0.0919. The Labute approximate surface area is 179 Å². The summed E-state index contributed by atoms with van der Waals surface area (Å²) in [7, 11) is 2.80. The predicted octanol–water partition coefficient (Wildman–Crippen LogP) is 2.91. The van der Waals surface area contributed by atoms with E-state index in [1.807, 2.05) is 6.92 Å². The molecule has 0 aliphatic carbocycles. The predicted molar refractivity (Wildman–Crippen MR) is 116 cm³/mol. The van der Waals surface area contributed by atoms with Gasteiger partial charge < -0.3 is 24.8 Å². The fourth-order valence-electron chi connectivity index (χ4n) is 2.57. The first kappa shape index (κ1) is 23.5. The highest BCUT2D eigenvalue weighted by Crippen LogP contribution is 2.41. The SMILES string of the molecule is [B]c1cc(CP(C)(=O)O)cc(Br)c1Oc1ccc(O)c(C(=O)NCCOCC)c1. The van der Waals surface area contributed by atoms with E-state index in [2.05, 4.69) is 21.2 Å². The fourth-order valence-corrected chi connectivity index (χ4v) is 4.03. The highest BCUT2D eigenvalue weighted by atomic mass is 79.9. The first-order valence-electron chi connectivity index (χ1n) is 8.84. The molecule has 2 aromatic carbocycles. The molecule has 1 unspecified atom stereocenters. The molecule has 2 radical (unpaired) electrons. The molecule has 0 spiro atoms. The number of benzene rings is 2. The molecule has 1 amide bonds. The summed E-state index contributed by atoms with van der Waals surface area (Å²) in [6, 6.07) is 7.47. The topological polar surface area (TPSA) is 105 Å². The Morgan fingerprint density at radius 1 is 1.31 bits per heavy atom. The number of aromatic hydroxyl groups is 1. The second kappa shape index (κ2) is 10.3. The molecular formula is C19H22BBrNO6P. The summed E-state index contributed by atoms with van der Waals surface area (Å²) in [4.78, 5) is 21.8. The number of nitrogens with one attached hydrogen (secondary N) is 1. The monoisotopic (exact) mass is 481 g/mol. The van der Waals surface area contributed by atoms with Crippen molar-refractivity contribution >= 4 is 42.5 Å². The molecular weight excluding hydrogens is 460 g/mol. The van der Waals surface area contributed by atoms with Gasteiger partial charge in [0.25, 0.3) is 5.91 Å². The minimum Gasteiger partial charge on any atom is -0.507 e. The van der Waals surface area contributed by atoms with Crippen LogP contribution in [0.1, 0.15) is 22.8 Å². The fraction of sp³-hybridized carbons (Fsp3) is 0.316. The number of hydrogen-bond acceptors (Lipinski definition) is 5. The van der Waals surface area contributed by atoms with E-state index in [-0.39, 0.29) is 22.9 Å². The Morgan fingerprint density at radius 3 is 2.66 bits per heavy atom. The molecule has 29 heavy (non-hydrogen) atoms. The summed E-state index contributed by atoms with van der Waals surface area (Å²) in [5, 5.41) is 12.7. The van der Waals surface area contributed by atoms with Crippen molar-refractivity contribution < 1.29 is 28.8 Å². The minimum atomic E-state index is -3.24. The summed E-state index contributed by atoms with van der Waals surface area (Å²) in [5.74, 6) is -0.0563. The lowest BCUT2D eigenvalue weighted by atomic mass is 9.93. The molecule has 0 aromatic heterocycles. The van der Waals surface area contributed by atoms with Gasteiger partial charge in [-0.2, -0.15) is 0 Å². The Balaban J connectivity index is 2.20. The number of amides is 1. The molecule has 10 heteroatoms. The van der Waals surface area contributed by atoms with Gasteiger partial charge in [-0.1, -0.05) is 11.5 Å². The average molecular weight is 482 g/mol. The van der Waals surface area contributed by atoms with Gasteiger partial charge in [0.2, 0.25) is 7.37 Å². The lowest BCUT2D eigenvalue weighted by Gasteiger charge is -2.15. The lowest BCUT2D eigenvalue weighted by Crippen LogP contribution is -2.27. The zero-order valence-corrected chi connectivity index (χ0v) is 18.6. The van der Waals surface area contributed by atoms with Crippen molar-refractivity contribution in [3.05, 3.63) is 45.9 Å². The molecule has 2 rings (SSSR count). The summed E-state index contributed by atoms with van der Waals surface area (Å²) in [6.45, 7) is 4.36. The van der Waals surface area contributed by atoms with Gasteiger partial charge in [-0.3, -0.25) is 9.36 Å². The van der Waals surface area contributed by atoms with Crippen molar-refractivity contribution in [2.75, 3.05) is 26.4 Å². The summed E-state index contributed by atoms with van der Waals surface area (Å²) < 4.78 is 23.1. The molecule has 0 aliphatic rings. The number of hydrogen-bond donors (Lipinski definition) is 3. The maximum atomic E-state index is 12.3. The van der Waals surface area contributed by atoms with Gasteiger partial charge in [0.05, 0.1) is 16.6 Å². The molecule has 3 N–H and O–H groups in total. The van der Waals surface area contributed by atoms with Gasteiger partial charge in [0.15, 0.2) is 0 Å². The third kappa shape index (κ3) is 7.19. The molecule has 0 aliphatic heterocycles. The van der Waals surface area contributed by atoms with Crippen molar-refractivity contribution in [2.45, 2.75) is 13.1 Å². The molecule has 154 valence electrons. The van der Waals surface area contributed by atoms with Crippen LogP contribution in [0.15, 0.2) is 34.8 Å². The van der Waals surface area contributed by atoms with Crippen LogP contribution in [0.2, 0.25) is 0 Å². The van der Waals surface area contributed by atoms with E-state index >= 15 is 0 Å². The third-order valence-corrected chi connectivity index (χ3v) is 5.32. The van der Waals surface area contributed by atoms with Gasteiger partial charge in [-0.25, -0.2) is 0 Å². The van der Waals surface area contributed by atoms with Crippen LogP contribution in [-0.2, 0) is 15.5 Å². The first-order valence-corrected chi connectivity index (χ1v) is 11.9. The second-order valence-corrected chi connectivity index (χ2v) is 9.71. The molecule has 0 saturated carbocycles. The number of ether oxygens (including phenoxy) is 2. The Morgan fingerprint density at radius 2 is 2.03 bits per heavy atom. The van der Waals surface area contributed by atoms with E-state index in [4.69, 9.17) is 17.3 Å². The molecule has 1 atom stereocenters. The quantitative estimate of drug-likeness (QED) is 0.289. The summed E-state index contributed by atoms with van der Waals surface area (Å²) in [6.07, 6.45) is -0.0125. The third-order valence-electron chi connectivity index (χ3n) is 3.78. The largest absolute Gasteiger partial charge is 0.507 e. The Hall–Kier alpha value is -1.80. The molecule has 2 aromatic rings. The van der Waals surface area contributed by atoms with Crippen molar-refractivity contribution in [3.8, 4) is 17.2 Å². The van der Waals surface area contributed by atoms with E-state index in [1.54, 1.807) is 12.1 Å². The smallest absolute Gasteiger partial charge is 0.255 e. The van der Waals surface area contributed by atoms with E-state index in [9.17, 15) is 19.4 Å². The van der Waals surface area contributed by atoms with Gasteiger partial charge in [0.1, 0.15) is 25.1 Å². The van der Waals surface area contributed by atoms with Crippen LogP contribution < -0.4 is 15.5 Å². The van der Waals surface area contributed by atoms with Gasteiger partial charge in [0, 0.05) is 26.0 Å². The van der Waals surface area contributed by atoms with Crippen LogP contribution in [0, 0.1) is 0 Å². The molecule has 0 heterocycles. The van der Waals surface area contributed by atoms with Crippen LogP contribution in [0.25, 0.3) is 0 Å². The Kier molecular flexibility index (Phi) is 8.34. The number of halogens is 1. The zero-order chi connectivity index (χ0) is 21.6. The molecule has 7 nitrogen and oxygen atoms in total. The maximum Gasteiger partial charge on any atom is 0.255 e. The van der Waals surface area contributed by atoms with E-state index in [0.717, 1.165) is 0 Å². The number of phenolic OH excluding ortho intramolecular Hbond substituents is 1. The zero-order valence-electron chi connectivity index (χ0n) is 16.1. The average Bonchev–Trinajstić information content (AvgIpc) is 2.61. The Bertz CT molecular complexity index is 910. The van der Waals surface area contributed by atoms with Crippen LogP contribution in [0.4, 0.5) is 0 Å². The first-order chi connectivity index (χ1) is 13.6. The number of carbonyl (C=O) groups is 1. The minimum absolute atomic E-state index is 0.0125. The van der Waals surface area contributed by atoms with Crippen LogP contribution >= 0.6 is 23.3 Å². The maximum absolute atomic E-state index is 12.3. The van der Waals surface area contributed by atoms with Crippen LogP contribution in [-0.4, -0.2) is 50.2 Å². The van der Waals surface area contributed by atoms with Crippen LogP contribution in [0.3, 0.4) is 0 Å². The van der Waals surface area contributed by atoms with Gasteiger partial charge >= 0.3 is 0 Å². The summed E-state index contributed by atoms with van der Waals surface area (Å²) in [5.41, 5.74) is 0.909. The van der Waals surface area contributed by atoms with Crippen molar-refractivity contribution in [2.24, 2.45) is 0 Å². The second-order valence-electron chi connectivity index (χ2n) is 6.44. The van der Waals surface area contributed by atoms with E-state index < -0.39 is 13.3 Å². The standard InChI is InChI=1S/C19H22BBrNO6P/c1-3-27-7-6-22-19(24)14-10-13(4-5-17(14)23)28-18-15(20)8-12(9-16(18)21)11-29(2,25)26/h4-5,8-10,23H,3,6-7,11H2,1-2H3,(H,22,24)(H,25,26). The molecule has 0 fully saturated rings. The van der Waals surface area contributed by atoms with E-state index in [1.165, 1.54) is 24.9 Å². The van der Waals surface area contributed by atoms with Crippen molar-refractivity contribution in [3.63, 3.8) is 0 Å². The normalized spacial score (nSPS) is 13.0. The van der Waals surface area contributed by atoms with Crippen molar-refractivity contribution in [1.82, 2.24) is 5.32 Å². The van der Waals surface area contributed by atoms with Gasteiger partial charge in [-0.05, 0) is 52.7 Å².